The Hall–Kier alpha value is -2.55. The Kier molecular flexibility index (Phi) is 7.83. The molecule has 0 saturated carbocycles. The first-order chi connectivity index (χ1) is 12.4. The molecule has 0 aliphatic heterocycles. The highest BCUT2D eigenvalue weighted by atomic mass is 32.2. The topological polar surface area (TPSA) is 108 Å². The molecular weight excluding hydrogens is 374 g/mol. The van der Waals surface area contributed by atoms with Gasteiger partial charge in [0, 0.05) is 0 Å². The van der Waals surface area contributed by atoms with Gasteiger partial charge < -0.3 is 19.0 Å². The Bertz CT molecular complexity index is 790. The lowest BCUT2D eigenvalue weighted by molar-refractivity contribution is -0.137. The van der Waals surface area contributed by atoms with E-state index >= 15 is 0 Å². The van der Waals surface area contributed by atoms with Gasteiger partial charge in [-0.1, -0.05) is 17.7 Å². The number of alkyl carbamates (subject to hydrolysis) is 1. The van der Waals surface area contributed by atoms with Crippen LogP contribution in [0.1, 0.15) is 33.3 Å². The van der Waals surface area contributed by atoms with Gasteiger partial charge in [0.2, 0.25) is 0 Å². The minimum atomic E-state index is -4.19. The van der Waals surface area contributed by atoms with E-state index in [-0.39, 0.29) is 23.8 Å². The summed E-state index contributed by atoms with van der Waals surface area (Å²) in [5.41, 5.74) is 0.145. The van der Waals surface area contributed by atoms with Crippen LogP contribution in [0.25, 0.3) is 0 Å². The van der Waals surface area contributed by atoms with Crippen molar-refractivity contribution in [1.29, 1.82) is 0 Å². The molecule has 1 N–H and O–H groups in total. The molecular formula is C18H25NO7S. The highest BCUT2D eigenvalue weighted by molar-refractivity contribution is 7.86. The van der Waals surface area contributed by atoms with Crippen LogP contribution in [0, 0.1) is 6.92 Å². The van der Waals surface area contributed by atoms with Crippen LogP contribution in [-0.4, -0.2) is 39.2 Å². The summed E-state index contributed by atoms with van der Waals surface area (Å²) in [5, 5.41) is 2.34. The van der Waals surface area contributed by atoms with Crippen LogP contribution in [0.15, 0.2) is 41.0 Å². The second-order valence-electron chi connectivity index (χ2n) is 6.57. The molecule has 0 fully saturated rings. The summed E-state index contributed by atoms with van der Waals surface area (Å²) >= 11 is 0. The molecule has 0 bridgehead atoms. The molecule has 1 amide bonds. The number of amides is 1. The Balaban J connectivity index is 2.96. The van der Waals surface area contributed by atoms with E-state index in [0.717, 1.165) is 11.6 Å². The number of esters is 1. The van der Waals surface area contributed by atoms with E-state index in [1.807, 2.05) is 6.92 Å². The van der Waals surface area contributed by atoms with Crippen molar-refractivity contribution in [2.75, 3.05) is 13.2 Å². The fourth-order valence-corrected chi connectivity index (χ4v) is 2.74. The fraction of sp³-hybridized carbons (Fsp3) is 0.444. The lowest BCUT2D eigenvalue weighted by atomic mass is 10.2. The van der Waals surface area contributed by atoms with E-state index in [1.165, 1.54) is 12.1 Å². The minimum absolute atomic E-state index is 0.0832. The maximum Gasteiger partial charge on any atom is 0.408 e. The molecule has 1 aromatic carbocycles. The molecule has 0 aliphatic carbocycles. The average molecular weight is 399 g/mol. The summed E-state index contributed by atoms with van der Waals surface area (Å²) < 4.78 is 39.7. The number of carbonyl (C=O) groups is 2. The van der Waals surface area contributed by atoms with Crippen LogP contribution in [0.3, 0.4) is 0 Å². The molecule has 1 aromatic rings. The van der Waals surface area contributed by atoms with Gasteiger partial charge in [0.15, 0.2) is 0 Å². The van der Waals surface area contributed by atoms with Gasteiger partial charge in [-0.3, -0.25) is 0 Å². The molecule has 9 heteroatoms. The number of hydrogen-bond donors (Lipinski definition) is 1. The molecule has 1 rings (SSSR count). The summed E-state index contributed by atoms with van der Waals surface area (Å²) in [4.78, 5) is 23.4. The van der Waals surface area contributed by atoms with Gasteiger partial charge in [-0.15, -0.1) is 0 Å². The second kappa shape index (κ2) is 9.40. The van der Waals surface area contributed by atoms with E-state index in [1.54, 1.807) is 39.8 Å². The van der Waals surface area contributed by atoms with Crippen molar-refractivity contribution in [1.82, 2.24) is 5.32 Å². The zero-order valence-electron chi connectivity index (χ0n) is 16.1. The summed E-state index contributed by atoms with van der Waals surface area (Å²) in [6.45, 7) is 8.19. The lowest BCUT2D eigenvalue weighted by Crippen LogP contribution is -2.34. The number of benzene rings is 1. The number of aryl methyl sites for hydroxylation is 1. The van der Waals surface area contributed by atoms with Gasteiger partial charge in [0.05, 0.1) is 19.2 Å². The molecule has 0 aliphatic rings. The number of ether oxygens (including phenoxy) is 2. The van der Waals surface area contributed by atoms with Crippen molar-refractivity contribution in [3.63, 3.8) is 0 Å². The van der Waals surface area contributed by atoms with E-state index < -0.39 is 27.8 Å². The third kappa shape index (κ3) is 8.59. The van der Waals surface area contributed by atoms with Gasteiger partial charge in [0.1, 0.15) is 16.3 Å². The molecule has 0 unspecified atom stereocenters. The maximum absolute atomic E-state index is 12.4. The van der Waals surface area contributed by atoms with Gasteiger partial charge in [-0.05, 0) is 46.8 Å². The molecule has 0 spiro atoms. The van der Waals surface area contributed by atoms with Gasteiger partial charge in [-0.2, -0.15) is 8.42 Å². The minimum Gasteiger partial charge on any atom is -0.463 e. The van der Waals surface area contributed by atoms with E-state index in [2.05, 4.69) is 5.32 Å². The quantitative estimate of drug-likeness (QED) is 0.325. The Morgan fingerprint density at radius 3 is 2.26 bits per heavy atom. The van der Waals surface area contributed by atoms with Gasteiger partial charge in [0.25, 0.3) is 0 Å². The molecule has 0 radical (unpaired) electrons. The summed E-state index contributed by atoms with van der Waals surface area (Å²) in [6.07, 6.45) is 0.0840. The lowest BCUT2D eigenvalue weighted by Gasteiger charge is -2.20. The third-order valence-corrected chi connectivity index (χ3v) is 4.18. The standard InChI is InChI=1S/C18H25NO7S/c1-6-24-16(20)11-14(12-19-17(21)25-18(3,4)5)26-27(22,23)15-9-7-13(2)8-10-15/h7-11H,6,12H2,1-5H3,(H,19,21)/b14-11-. The van der Waals surface area contributed by atoms with Crippen molar-refractivity contribution >= 4 is 22.2 Å². The molecule has 8 nitrogen and oxygen atoms in total. The predicted octanol–water partition coefficient (Wildman–Crippen LogP) is 2.67. The SMILES string of the molecule is CCOC(=O)/C=C(/CNC(=O)OC(C)(C)C)OS(=O)(=O)c1ccc(C)cc1. The molecule has 0 aromatic heterocycles. The second-order valence-corrected chi connectivity index (χ2v) is 8.11. The molecule has 0 atom stereocenters. The van der Waals surface area contributed by atoms with E-state index in [0.29, 0.717) is 0 Å². The number of nitrogens with one attached hydrogen (secondary N) is 1. The molecule has 150 valence electrons. The Morgan fingerprint density at radius 2 is 1.74 bits per heavy atom. The first kappa shape index (κ1) is 22.5. The molecule has 0 saturated heterocycles. The Morgan fingerprint density at radius 1 is 1.15 bits per heavy atom. The van der Waals surface area contributed by atoms with Crippen LogP contribution in [-0.2, 0) is 28.6 Å². The largest absolute Gasteiger partial charge is 0.463 e. The summed E-state index contributed by atoms with van der Waals surface area (Å²) in [7, 11) is -4.19. The van der Waals surface area contributed by atoms with Crippen LogP contribution >= 0.6 is 0 Å². The first-order valence-corrected chi connectivity index (χ1v) is 9.69. The summed E-state index contributed by atoms with van der Waals surface area (Å²) in [5.74, 6) is -1.10. The van der Waals surface area contributed by atoms with Crippen molar-refractivity contribution < 1.29 is 31.7 Å². The smallest absolute Gasteiger partial charge is 0.408 e. The fourth-order valence-electron chi connectivity index (χ4n) is 1.79. The number of rotatable bonds is 7. The van der Waals surface area contributed by atoms with Crippen LogP contribution in [0.4, 0.5) is 4.79 Å². The molecule has 0 heterocycles. The first-order valence-electron chi connectivity index (χ1n) is 8.28. The number of hydrogen-bond acceptors (Lipinski definition) is 7. The average Bonchev–Trinajstić information content (AvgIpc) is 2.51. The van der Waals surface area contributed by atoms with Crippen molar-refractivity contribution in [3.05, 3.63) is 41.7 Å². The Labute approximate surface area is 159 Å². The van der Waals surface area contributed by atoms with Crippen LogP contribution < -0.4 is 5.32 Å². The van der Waals surface area contributed by atoms with Crippen molar-refractivity contribution in [2.45, 2.75) is 45.1 Å². The van der Waals surface area contributed by atoms with Gasteiger partial charge >= 0.3 is 22.2 Å². The predicted molar refractivity (Wildman–Crippen MR) is 98.4 cm³/mol. The third-order valence-electron chi connectivity index (χ3n) is 2.90. The van der Waals surface area contributed by atoms with Crippen LogP contribution in [0.2, 0.25) is 0 Å². The number of carbonyl (C=O) groups excluding carboxylic acids is 2. The molecule has 27 heavy (non-hydrogen) atoms. The van der Waals surface area contributed by atoms with E-state index in [4.69, 9.17) is 13.7 Å². The van der Waals surface area contributed by atoms with E-state index in [9.17, 15) is 18.0 Å². The monoisotopic (exact) mass is 399 g/mol. The van der Waals surface area contributed by atoms with Crippen LogP contribution in [0.5, 0.6) is 0 Å². The van der Waals surface area contributed by atoms with Crippen molar-refractivity contribution in [3.8, 4) is 0 Å². The highest BCUT2D eigenvalue weighted by Crippen LogP contribution is 2.17. The normalized spacial score (nSPS) is 12.3. The maximum atomic E-state index is 12.4. The summed E-state index contributed by atoms with van der Waals surface area (Å²) in [6, 6.07) is 6.00. The van der Waals surface area contributed by atoms with Gasteiger partial charge in [-0.25, -0.2) is 9.59 Å². The van der Waals surface area contributed by atoms with Crippen molar-refractivity contribution in [2.24, 2.45) is 0 Å². The highest BCUT2D eigenvalue weighted by Gasteiger charge is 2.21. The zero-order chi connectivity index (χ0) is 20.7. The zero-order valence-corrected chi connectivity index (χ0v) is 16.9.